The highest BCUT2D eigenvalue weighted by molar-refractivity contribution is 7.99. The third-order valence-electron chi connectivity index (χ3n) is 3.77. The Balaban J connectivity index is 1.37. The molecule has 1 aliphatic heterocycles. The number of thioether (sulfide) groups is 1. The van der Waals surface area contributed by atoms with Gasteiger partial charge in [0.1, 0.15) is 0 Å². The molecular weight excluding hydrogens is 370 g/mol. The first-order valence-corrected chi connectivity index (χ1v) is 9.26. The van der Waals surface area contributed by atoms with Gasteiger partial charge in [0.25, 0.3) is 0 Å². The lowest BCUT2D eigenvalue weighted by Gasteiger charge is -2.10. The third kappa shape index (κ3) is 3.85. The molecule has 0 saturated carbocycles. The number of hydrogen-bond acceptors (Lipinski definition) is 8. The lowest BCUT2D eigenvalue weighted by molar-refractivity contribution is -0.113. The lowest BCUT2D eigenvalue weighted by Crippen LogP contribution is -2.16. The first-order chi connectivity index (χ1) is 13.2. The summed E-state index contributed by atoms with van der Waals surface area (Å²) in [6, 6.07) is 8.79. The van der Waals surface area contributed by atoms with Crippen molar-refractivity contribution >= 4 is 23.4 Å². The number of nitrogen functional groups attached to an aromatic ring is 1. The average molecular weight is 387 g/mol. The van der Waals surface area contributed by atoms with Gasteiger partial charge in [0.2, 0.25) is 16.9 Å². The Kier molecular flexibility index (Phi) is 4.88. The highest BCUT2D eigenvalue weighted by Crippen LogP contribution is 2.32. The summed E-state index contributed by atoms with van der Waals surface area (Å²) in [6.45, 7) is 1.21. The molecule has 10 heteroatoms. The molecule has 3 aromatic rings. The van der Waals surface area contributed by atoms with Crippen molar-refractivity contribution in [2.45, 2.75) is 11.6 Å². The Bertz CT molecular complexity index is 941. The molecule has 0 spiro atoms. The number of nitrogens with one attached hydrogen (secondary N) is 1. The van der Waals surface area contributed by atoms with Crippen LogP contribution < -0.4 is 20.6 Å². The van der Waals surface area contributed by atoms with E-state index in [1.165, 1.54) is 22.7 Å². The van der Waals surface area contributed by atoms with Crippen LogP contribution in [0.2, 0.25) is 0 Å². The number of nitrogens with zero attached hydrogens (tertiary/aromatic N) is 3. The number of hydrogen-bond donors (Lipinski definition) is 2. The van der Waals surface area contributed by atoms with Gasteiger partial charge in [0.05, 0.1) is 25.2 Å². The quantitative estimate of drug-likeness (QED) is 0.505. The van der Waals surface area contributed by atoms with Crippen molar-refractivity contribution in [3.63, 3.8) is 0 Å². The van der Waals surface area contributed by atoms with Crippen molar-refractivity contribution < 1.29 is 18.7 Å². The number of carbonyl (C=O) groups excluding carboxylic acids is 1. The number of aromatic nitrogens is 3. The van der Waals surface area contributed by atoms with Gasteiger partial charge in [-0.15, -0.1) is 10.2 Å². The Hall–Kier alpha value is -3.14. The van der Waals surface area contributed by atoms with E-state index in [0.29, 0.717) is 47.1 Å². The summed E-state index contributed by atoms with van der Waals surface area (Å²) in [6.07, 6.45) is 2.35. The van der Waals surface area contributed by atoms with Crippen LogP contribution in [0, 0.1) is 0 Å². The number of fused-ring (bicyclic) bond motifs is 1. The summed E-state index contributed by atoms with van der Waals surface area (Å²) in [5.74, 6) is 8.11. The SMILES string of the molecule is Nn1c(SCC(=O)Nc2ccc3c(c2)OCCCO3)nnc1-c1ccco1. The van der Waals surface area contributed by atoms with Crippen molar-refractivity contribution in [2.24, 2.45) is 0 Å². The molecule has 0 fully saturated rings. The third-order valence-corrected chi connectivity index (χ3v) is 4.71. The second-order valence-corrected chi connectivity index (χ2v) is 6.64. The van der Waals surface area contributed by atoms with Crippen molar-refractivity contribution in [3.05, 3.63) is 36.6 Å². The minimum atomic E-state index is -0.197. The van der Waals surface area contributed by atoms with E-state index in [1.54, 1.807) is 30.3 Å². The van der Waals surface area contributed by atoms with Crippen LogP contribution in [0.4, 0.5) is 5.69 Å². The molecule has 0 radical (unpaired) electrons. The fraction of sp³-hybridized carbons (Fsp3) is 0.235. The molecule has 2 aromatic heterocycles. The largest absolute Gasteiger partial charge is 0.490 e. The zero-order valence-electron chi connectivity index (χ0n) is 14.3. The van der Waals surface area contributed by atoms with Crippen LogP contribution in [0.15, 0.2) is 46.2 Å². The maximum Gasteiger partial charge on any atom is 0.234 e. The first-order valence-electron chi connectivity index (χ1n) is 8.27. The summed E-state index contributed by atoms with van der Waals surface area (Å²) in [5, 5.41) is 11.2. The zero-order valence-corrected chi connectivity index (χ0v) is 15.1. The Labute approximate surface area is 158 Å². The van der Waals surface area contributed by atoms with Crippen LogP contribution in [0.25, 0.3) is 11.6 Å². The molecule has 0 atom stereocenters. The van der Waals surface area contributed by atoms with E-state index in [-0.39, 0.29) is 11.7 Å². The van der Waals surface area contributed by atoms with Crippen molar-refractivity contribution in [3.8, 4) is 23.1 Å². The normalized spacial score (nSPS) is 13.2. The summed E-state index contributed by atoms with van der Waals surface area (Å²) < 4.78 is 17.8. The molecule has 3 N–H and O–H groups in total. The predicted molar refractivity (Wildman–Crippen MR) is 99.3 cm³/mol. The van der Waals surface area contributed by atoms with E-state index in [0.717, 1.165) is 6.42 Å². The molecule has 0 aliphatic carbocycles. The van der Waals surface area contributed by atoms with Crippen LogP contribution in [-0.4, -0.2) is 39.7 Å². The number of amides is 1. The molecule has 1 amide bonds. The Morgan fingerprint density at radius 2 is 2.07 bits per heavy atom. The van der Waals surface area contributed by atoms with Gasteiger partial charge in [-0.2, -0.15) is 0 Å². The molecule has 140 valence electrons. The van der Waals surface area contributed by atoms with E-state index in [9.17, 15) is 4.79 Å². The molecule has 1 aliphatic rings. The molecule has 27 heavy (non-hydrogen) atoms. The molecule has 1 aromatic carbocycles. The molecule has 4 rings (SSSR count). The minimum Gasteiger partial charge on any atom is -0.490 e. The highest BCUT2D eigenvalue weighted by atomic mass is 32.2. The predicted octanol–water partition coefficient (Wildman–Crippen LogP) is 2.14. The number of nitrogens with two attached hydrogens (primary N) is 1. The number of carbonyl (C=O) groups is 1. The number of furan rings is 1. The monoisotopic (exact) mass is 387 g/mol. The Morgan fingerprint density at radius 1 is 1.22 bits per heavy atom. The van der Waals surface area contributed by atoms with Gasteiger partial charge in [-0.1, -0.05) is 11.8 Å². The van der Waals surface area contributed by atoms with Crippen LogP contribution in [0.3, 0.4) is 0 Å². The van der Waals surface area contributed by atoms with Gasteiger partial charge in [-0.05, 0) is 24.3 Å². The topological polar surface area (TPSA) is 117 Å². The molecule has 0 unspecified atom stereocenters. The Morgan fingerprint density at radius 3 is 2.89 bits per heavy atom. The number of benzene rings is 1. The number of ether oxygens (including phenoxy) is 2. The first kappa shape index (κ1) is 17.3. The van der Waals surface area contributed by atoms with Crippen LogP contribution in [0.1, 0.15) is 6.42 Å². The molecule has 0 bridgehead atoms. The molecule has 0 saturated heterocycles. The van der Waals surface area contributed by atoms with Gasteiger partial charge < -0.3 is 25.1 Å². The van der Waals surface area contributed by atoms with Gasteiger partial charge in [-0.25, -0.2) is 4.68 Å². The standard InChI is InChI=1S/C17H17N5O4S/c18-22-16(13-3-1-6-25-13)20-21-17(22)27-10-15(23)19-11-4-5-12-14(9-11)26-8-2-7-24-12/h1,3-6,9H,2,7-8,10,18H2,(H,19,23). The summed E-state index contributed by atoms with van der Waals surface area (Å²) in [5.41, 5.74) is 0.635. The second-order valence-electron chi connectivity index (χ2n) is 5.70. The fourth-order valence-electron chi connectivity index (χ4n) is 2.52. The highest BCUT2D eigenvalue weighted by Gasteiger charge is 2.16. The summed E-state index contributed by atoms with van der Waals surface area (Å²) in [4.78, 5) is 12.2. The minimum absolute atomic E-state index is 0.127. The van der Waals surface area contributed by atoms with Gasteiger partial charge in [0, 0.05) is 18.2 Å². The van der Waals surface area contributed by atoms with Crippen LogP contribution >= 0.6 is 11.8 Å². The molecule has 9 nitrogen and oxygen atoms in total. The van der Waals surface area contributed by atoms with E-state index >= 15 is 0 Å². The molecule has 3 heterocycles. The van der Waals surface area contributed by atoms with Crippen molar-refractivity contribution in [2.75, 3.05) is 30.1 Å². The van der Waals surface area contributed by atoms with E-state index in [2.05, 4.69) is 15.5 Å². The van der Waals surface area contributed by atoms with Gasteiger partial charge in [0.15, 0.2) is 17.3 Å². The summed E-state index contributed by atoms with van der Waals surface area (Å²) >= 11 is 1.18. The summed E-state index contributed by atoms with van der Waals surface area (Å²) in [7, 11) is 0. The smallest absolute Gasteiger partial charge is 0.234 e. The van der Waals surface area contributed by atoms with Crippen LogP contribution in [0.5, 0.6) is 11.5 Å². The number of anilines is 1. The zero-order chi connectivity index (χ0) is 18.6. The van der Waals surface area contributed by atoms with Crippen molar-refractivity contribution in [1.29, 1.82) is 0 Å². The maximum absolute atomic E-state index is 12.2. The molecular formula is C17H17N5O4S. The van der Waals surface area contributed by atoms with Gasteiger partial charge in [-0.3, -0.25) is 4.79 Å². The maximum atomic E-state index is 12.2. The van der Waals surface area contributed by atoms with E-state index < -0.39 is 0 Å². The fourth-order valence-corrected chi connectivity index (χ4v) is 3.17. The van der Waals surface area contributed by atoms with E-state index in [1.807, 2.05) is 0 Å². The van der Waals surface area contributed by atoms with E-state index in [4.69, 9.17) is 19.7 Å². The second kappa shape index (κ2) is 7.62. The van der Waals surface area contributed by atoms with Crippen molar-refractivity contribution in [1.82, 2.24) is 14.9 Å². The van der Waals surface area contributed by atoms with Crippen LogP contribution in [-0.2, 0) is 4.79 Å². The van der Waals surface area contributed by atoms with Gasteiger partial charge >= 0.3 is 0 Å². The number of rotatable bonds is 5. The lowest BCUT2D eigenvalue weighted by atomic mass is 10.2. The average Bonchev–Trinajstić information content (AvgIpc) is 3.24.